The summed E-state index contributed by atoms with van der Waals surface area (Å²) in [5, 5.41) is 13.5. The fraction of sp³-hybridized carbons (Fsp3) is 0. The minimum atomic E-state index is -0.352. The molecule has 7 heteroatoms. The van der Waals surface area contributed by atoms with Crippen LogP contribution in [-0.2, 0) is 0 Å². The summed E-state index contributed by atoms with van der Waals surface area (Å²) >= 11 is 0. The third kappa shape index (κ3) is 1.67. The second kappa shape index (κ2) is 3.88. The molecule has 0 aliphatic heterocycles. The second-order valence-corrected chi connectivity index (χ2v) is 3.74. The zero-order valence-electron chi connectivity index (χ0n) is 9.18. The van der Waals surface area contributed by atoms with Gasteiger partial charge in [0.1, 0.15) is 12.0 Å². The molecule has 18 heavy (non-hydrogen) atoms. The van der Waals surface area contributed by atoms with E-state index in [1.807, 2.05) is 0 Å². The topological polar surface area (TPSA) is 110 Å². The van der Waals surface area contributed by atoms with Crippen LogP contribution in [0.25, 0.3) is 10.9 Å². The van der Waals surface area contributed by atoms with Crippen molar-refractivity contribution in [2.75, 3.05) is 11.1 Å². The Bertz CT molecular complexity index is 701. The number of nitrogen functional groups attached to an aromatic ring is 1. The maximum absolute atomic E-state index is 12.0. The highest BCUT2D eigenvalue weighted by molar-refractivity contribution is 6.11. The quantitative estimate of drug-likeness (QED) is 0.589. The first-order chi connectivity index (χ1) is 8.74. The van der Waals surface area contributed by atoms with Crippen LogP contribution < -0.4 is 11.1 Å². The molecule has 2 heterocycles. The number of anilines is 2. The lowest BCUT2D eigenvalue weighted by Crippen LogP contribution is -2.12. The highest BCUT2D eigenvalue weighted by Gasteiger charge is 2.15. The molecule has 0 saturated heterocycles. The lowest BCUT2D eigenvalue weighted by atomic mass is 10.2. The summed E-state index contributed by atoms with van der Waals surface area (Å²) in [5.74, 6) is -0.352. The number of H-pyrrole nitrogens is 1. The Labute approximate surface area is 101 Å². The van der Waals surface area contributed by atoms with Crippen LogP contribution in [0.15, 0.2) is 35.2 Å². The first kappa shape index (κ1) is 10.3. The van der Waals surface area contributed by atoms with Gasteiger partial charge in [0.25, 0.3) is 5.91 Å². The molecular weight excluding hydrogens is 234 g/mol. The molecule has 0 fully saturated rings. The fourth-order valence-corrected chi connectivity index (χ4v) is 1.66. The number of fused-ring (bicyclic) bond motifs is 1. The molecule has 1 aromatic carbocycles. The number of aromatic amines is 1. The number of nitrogens with two attached hydrogens (primary N) is 1. The molecule has 3 rings (SSSR count). The van der Waals surface area contributed by atoms with E-state index in [0.717, 1.165) is 5.52 Å². The van der Waals surface area contributed by atoms with Gasteiger partial charge in [-0.3, -0.25) is 9.89 Å². The Hall–Kier alpha value is -2.83. The molecule has 4 N–H and O–H groups in total. The van der Waals surface area contributed by atoms with Gasteiger partial charge in [0, 0.05) is 11.1 Å². The summed E-state index contributed by atoms with van der Waals surface area (Å²) in [4.78, 5) is 12.0. The molecule has 0 atom stereocenters. The Morgan fingerprint density at radius 3 is 3.11 bits per heavy atom. The largest absolute Gasteiger partial charge is 0.399 e. The van der Waals surface area contributed by atoms with Crippen molar-refractivity contribution in [2.24, 2.45) is 0 Å². The van der Waals surface area contributed by atoms with Gasteiger partial charge < -0.3 is 15.6 Å². The van der Waals surface area contributed by atoms with Crippen LogP contribution in [0.3, 0.4) is 0 Å². The number of nitrogens with zero attached hydrogens (tertiary/aromatic N) is 2. The van der Waals surface area contributed by atoms with Crippen LogP contribution in [0.5, 0.6) is 0 Å². The maximum Gasteiger partial charge on any atom is 0.276 e. The average molecular weight is 243 g/mol. The van der Waals surface area contributed by atoms with E-state index < -0.39 is 0 Å². The lowest BCUT2D eigenvalue weighted by Gasteiger charge is -1.99. The minimum Gasteiger partial charge on any atom is -0.399 e. The predicted octanol–water partition coefficient (Wildman–Crippen LogP) is 1.39. The Balaban J connectivity index is 1.98. The summed E-state index contributed by atoms with van der Waals surface area (Å²) in [5.41, 5.74) is 7.76. The van der Waals surface area contributed by atoms with Crippen LogP contribution >= 0.6 is 0 Å². The summed E-state index contributed by atoms with van der Waals surface area (Å²) in [6, 6.07) is 5.21. The minimum absolute atomic E-state index is 0.276. The van der Waals surface area contributed by atoms with E-state index in [9.17, 15) is 4.79 Å². The Morgan fingerprint density at radius 1 is 1.44 bits per heavy atom. The fourth-order valence-electron chi connectivity index (χ4n) is 1.66. The SMILES string of the molecule is Nc1ccc2[nH]nc(C(=O)Nc3cnoc3)c2c1. The number of nitrogens with one attached hydrogen (secondary N) is 2. The van der Waals surface area contributed by atoms with E-state index in [0.29, 0.717) is 16.8 Å². The number of carbonyl (C=O) groups is 1. The normalized spacial score (nSPS) is 10.7. The van der Waals surface area contributed by atoms with Gasteiger partial charge in [0.15, 0.2) is 5.69 Å². The van der Waals surface area contributed by atoms with Crippen LogP contribution in [-0.4, -0.2) is 21.3 Å². The van der Waals surface area contributed by atoms with E-state index >= 15 is 0 Å². The highest BCUT2D eigenvalue weighted by Crippen LogP contribution is 2.19. The molecule has 90 valence electrons. The standard InChI is InChI=1S/C11H9N5O2/c12-6-1-2-9-8(3-6)10(16-15-9)11(17)14-7-4-13-18-5-7/h1-5H,12H2,(H,14,17)(H,15,16). The maximum atomic E-state index is 12.0. The lowest BCUT2D eigenvalue weighted by molar-refractivity contribution is 0.102. The van der Waals surface area contributed by atoms with E-state index in [-0.39, 0.29) is 11.6 Å². The third-order valence-electron chi connectivity index (χ3n) is 2.49. The van der Waals surface area contributed by atoms with Crippen molar-refractivity contribution < 1.29 is 9.32 Å². The van der Waals surface area contributed by atoms with Crippen LogP contribution in [0.1, 0.15) is 10.5 Å². The van der Waals surface area contributed by atoms with E-state index in [4.69, 9.17) is 5.73 Å². The molecule has 0 aliphatic rings. The van der Waals surface area contributed by atoms with Crippen molar-refractivity contribution in [3.63, 3.8) is 0 Å². The molecule has 2 aromatic heterocycles. The number of rotatable bonds is 2. The first-order valence-electron chi connectivity index (χ1n) is 5.18. The van der Waals surface area contributed by atoms with Crippen LogP contribution in [0.4, 0.5) is 11.4 Å². The zero-order valence-corrected chi connectivity index (χ0v) is 9.18. The van der Waals surface area contributed by atoms with Crippen LogP contribution in [0.2, 0.25) is 0 Å². The highest BCUT2D eigenvalue weighted by atomic mass is 16.5. The van der Waals surface area contributed by atoms with Gasteiger partial charge in [-0.25, -0.2) is 0 Å². The van der Waals surface area contributed by atoms with Crippen molar-refractivity contribution in [1.29, 1.82) is 0 Å². The van der Waals surface area contributed by atoms with Crippen molar-refractivity contribution in [3.05, 3.63) is 36.4 Å². The molecule has 7 nitrogen and oxygen atoms in total. The molecule has 0 bridgehead atoms. The van der Waals surface area contributed by atoms with Gasteiger partial charge in [-0.2, -0.15) is 5.10 Å². The van der Waals surface area contributed by atoms with E-state index in [2.05, 4.69) is 25.2 Å². The molecule has 0 radical (unpaired) electrons. The Morgan fingerprint density at radius 2 is 2.33 bits per heavy atom. The van der Waals surface area contributed by atoms with Gasteiger partial charge in [-0.05, 0) is 18.2 Å². The average Bonchev–Trinajstić information content (AvgIpc) is 2.97. The number of hydrogen-bond acceptors (Lipinski definition) is 5. The summed E-state index contributed by atoms with van der Waals surface area (Å²) in [6.45, 7) is 0. The number of amides is 1. The molecule has 0 spiro atoms. The van der Waals surface area contributed by atoms with Gasteiger partial charge in [0.2, 0.25) is 0 Å². The number of benzene rings is 1. The van der Waals surface area contributed by atoms with E-state index in [1.165, 1.54) is 12.5 Å². The van der Waals surface area contributed by atoms with Crippen molar-refractivity contribution >= 4 is 28.2 Å². The molecule has 1 amide bonds. The number of carbonyl (C=O) groups excluding carboxylic acids is 1. The summed E-state index contributed by atoms with van der Waals surface area (Å²) in [7, 11) is 0. The van der Waals surface area contributed by atoms with Crippen molar-refractivity contribution in [3.8, 4) is 0 Å². The van der Waals surface area contributed by atoms with Gasteiger partial charge in [-0.15, -0.1) is 0 Å². The third-order valence-corrected chi connectivity index (χ3v) is 2.49. The van der Waals surface area contributed by atoms with Gasteiger partial charge in [-0.1, -0.05) is 5.16 Å². The molecule has 0 saturated carbocycles. The van der Waals surface area contributed by atoms with Crippen LogP contribution in [0, 0.1) is 0 Å². The van der Waals surface area contributed by atoms with Crippen molar-refractivity contribution in [1.82, 2.24) is 15.4 Å². The molecule has 0 unspecified atom stereocenters. The monoisotopic (exact) mass is 243 g/mol. The van der Waals surface area contributed by atoms with Gasteiger partial charge >= 0.3 is 0 Å². The number of hydrogen-bond donors (Lipinski definition) is 3. The van der Waals surface area contributed by atoms with Crippen molar-refractivity contribution in [2.45, 2.75) is 0 Å². The summed E-state index contributed by atoms with van der Waals surface area (Å²) < 4.78 is 4.63. The summed E-state index contributed by atoms with van der Waals surface area (Å²) in [6.07, 6.45) is 2.74. The van der Waals surface area contributed by atoms with E-state index in [1.54, 1.807) is 18.2 Å². The molecule has 0 aliphatic carbocycles. The smallest absolute Gasteiger partial charge is 0.276 e. The first-order valence-corrected chi connectivity index (χ1v) is 5.18. The second-order valence-electron chi connectivity index (χ2n) is 3.74. The van der Waals surface area contributed by atoms with Gasteiger partial charge in [0.05, 0.1) is 11.7 Å². The predicted molar refractivity (Wildman–Crippen MR) is 65.0 cm³/mol. The Kier molecular flexibility index (Phi) is 2.23. The molecule has 3 aromatic rings. The molecular formula is C11H9N5O2. The zero-order chi connectivity index (χ0) is 12.5. The number of aromatic nitrogens is 3.